The zero-order chi connectivity index (χ0) is 17.5. The Hall–Kier alpha value is -2.08. The van der Waals surface area contributed by atoms with Crippen molar-refractivity contribution in [3.05, 3.63) is 29.8 Å². The third kappa shape index (κ3) is 4.96. The minimum Gasteiger partial charge on any atom is -0.550 e. The maximum atomic E-state index is 12.1. The molecule has 24 heavy (non-hydrogen) atoms. The number of hydrogen-bond donors (Lipinski definition) is 1. The molecule has 0 unspecified atom stereocenters. The van der Waals surface area contributed by atoms with Crippen LogP contribution in [0.4, 0.5) is 0 Å². The molecule has 6 heteroatoms. The molecule has 6 nitrogen and oxygen atoms in total. The van der Waals surface area contributed by atoms with Crippen LogP contribution in [0.1, 0.15) is 37.8 Å². The van der Waals surface area contributed by atoms with E-state index in [1.54, 1.807) is 7.11 Å². The first-order valence-corrected chi connectivity index (χ1v) is 8.47. The highest BCUT2D eigenvalue weighted by Gasteiger charge is 2.27. The van der Waals surface area contributed by atoms with Crippen molar-refractivity contribution in [2.24, 2.45) is 0 Å². The molecule has 1 aromatic rings. The summed E-state index contributed by atoms with van der Waals surface area (Å²) in [7, 11) is 1.66. The molecule has 1 aromatic carbocycles. The molecular weight excluding hydrogens is 308 g/mol. The van der Waals surface area contributed by atoms with E-state index < -0.39 is 5.97 Å². The number of ether oxygens (including phenoxy) is 1. The van der Waals surface area contributed by atoms with E-state index in [2.05, 4.69) is 19.1 Å². The first-order valence-electron chi connectivity index (χ1n) is 8.47. The Labute approximate surface area is 143 Å². The molecule has 2 rings (SSSR count). The number of carboxylic acids is 1. The molecule has 0 saturated carbocycles. The van der Waals surface area contributed by atoms with Gasteiger partial charge in [-0.3, -0.25) is 4.79 Å². The number of carbonyl (C=O) groups is 2. The number of nitrogens with zero attached hydrogens (tertiary/aromatic N) is 1. The second-order valence-corrected chi connectivity index (χ2v) is 6.26. The number of carbonyl (C=O) groups excluding carboxylic acids is 2. The van der Waals surface area contributed by atoms with Crippen LogP contribution >= 0.6 is 0 Å². The summed E-state index contributed by atoms with van der Waals surface area (Å²) in [5.74, 6) is -0.189. The van der Waals surface area contributed by atoms with Crippen LogP contribution in [0.3, 0.4) is 0 Å². The standard InChI is InChI=1S/C18H26N2O4/c1-14(15-6-8-16(24-2)9-7-15)19-10-12-20(13-11-19)17(21)4-3-5-18(22)23/h6-9,14H,3-5,10-13H2,1-2H3,(H,22,23)/t14-/m1/s1. The fourth-order valence-corrected chi connectivity index (χ4v) is 3.15. The van der Waals surface area contributed by atoms with E-state index in [0.29, 0.717) is 12.5 Å². The molecule has 132 valence electrons. The second kappa shape index (κ2) is 8.68. The van der Waals surface area contributed by atoms with Gasteiger partial charge in [-0.1, -0.05) is 0 Å². The fourth-order valence-electron chi connectivity index (χ4n) is 3.15. The van der Waals surface area contributed by atoms with E-state index in [9.17, 15) is 14.7 Å². The van der Waals surface area contributed by atoms with Crippen molar-refractivity contribution in [3.8, 4) is 5.75 Å². The van der Waals surface area contributed by atoms with Gasteiger partial charge in [-0.2, -0.15) is 0 Å². The zero-order valence-electron chi connectivity index (χ0n) is 14.4. The molecule has 1 saturated heterocycles. The topological polar surface area (TPSA) is 74.1 Å². The van der Waals surface area contributed by atoms with Crippen LogP contribution in [-0.2, 0) is 9.59 Å². The number of piperazine rings is 1. The monoisotopic (exact) mass is 334 g/mol. The summed E-state index contributed by atoms with van der Waals surface area (Å²) in [4.78, 5) is 25.8. The first kappa shape index (κ1) is 18.3. The van der Waals surface area contributed by atoms with Crippen molar-refractivity contribution in [2.45, 2.75) is 32.2 Å². The first-order chi connectivity index (χ1) is 11.5. The van der Waals surface area contributed by atoms with Crippen LogP contribution < -0.4 is 14.7 Å². The molecule has 1 N–H and O–H groups in total. The normalized spacial score (nSPS) is 16.7. The Morgan fingerprint density at radius 1 is 1.21 bits per heavy atom. The number of carboxylic acid groups (broad SMARTS) is 1. The number of rotatable bonds is 7. The number of methoxy groups -OCH3 is 1. The molecule has 0 spiro atoms. The Balaban J connectivity index is 1.80. The predicted octanol–water partition coefficient (Wildman–Crippen LogP) is -0.596. The van der Waals surface area contributed by atoms with Gasteiger partial charge >= 0.3 is 0 Å². The largest absolute Gasteiger partial charge is 0.550 e. The number of nitrogens with one attached hydrogen (secondary N) is 1. The maximum absolute atomic E-state index is 12.1. The smallest absolute Gasteiger partial charge is 0.222 e. The number of hydrogen-bond acceptors (Lipinski definition) is 4. The van der Waals surface area contributed by atoms with Crippen molar-refractivity contribution in [1.29, 1.82) is 0 Å². The zero-order valence-corrected chi connectivity index (χ0v) is 14.4. The molecule has 1 amide bonds. The van der Waals surface area contributed by atoms with Gasteiger partial charge in [0.05, 0.1) is 33.3 Å². The van der Waals surface area contributed by atoms with Crippen molar-refractivity contribution >= 4 is 11.9 Å². The molecular formula is C18H26N2O4. The molecule has 1 fully saturated rings. The van der Waals surface area contributed by atoms with Crippen LogP contribution in [0.15, 0.2) is 24.3 Å². The average molecular weight is 334 g/mol. The second-order valence-electron chi connectivity index (χ2n) is 6.26. The van der Waals surface area contributed by atoms with E-state index in [1.165, 1.54) is 10.5 Å². The quantitative estimate of drug-likeness (QED) is 0.723. The lowest BCUT2D eigenvalue weighted by atomic mass is 10.1. The summed E-state index contributed by atoms with van der Waals surface area (Å²) in [6, 6.07) is 8.50. The van der Waals surface area contributed by atoms with Gasteiger partial charge in [-0.25, -0.2) is 0 Å². The Kier molecular flexibility index (Phi) is 6.61. The molecule has 0 aromatic heterocycles. The summed E-state index contributed by atoms with van der Waals surface area (Å²) in [6.07, 6.45) is 0.597. The van der Waals surface area contributed by atoms with Gasteiger partial charge < -0.3 is 24.4 Å². The minimum atomic E-state index is -1.09. The van der Waals surface area contributed by atoms with Gasteiger partial charge in [-0.05, 0) is 44.0 Å². The highest BCUT2D eigenvalue weighted by molar-refractivity contribution is 5.76. The van der Waals surface area contributed by atoms with Crippen LogP contribution in [0.5, 0.6) is 5.75 Å². The molecule has 1 aliphatic rings. The summed E-state index contributed by atoms with van der Waals surface area (Å²) < 4.78 is 5.19. The van der Waals surface area contributed by atoms with E-state index >= 15 is 0 Å². The lowest BCUT2D eigenvalue weighted by molar-refractivity contribution is -0.933. The third-order valence-electron chi connectivity index (χ3n) is 4.76. The highest BCUT2D eigenvalue weighted by atomic mass is 16.5. The Morgan fingerprint density at radius 3 is 2.38 bits per heavy atom. The van der Waals surface area contributed by atoms with Crippen LogP contribution in [-0.4, -0.2) is 50.1 Å². The number of amides is 1. The maximum Gasteiger partial charge on any atom is 0.222 e. The SMILES string of the molecule is COc1ccc([C@@H](C)[NH+]2CCN(C(=O)CCCC(=O)[O-])CC2)cc1. The predicted molar refractivity (Wildman–Crippen MR) is 87.5 cm³/mol. The lowest BCUT2D eigenvalue weighted by Crippen LogP contribution is -3.14. The van der Waals surface area contributed by atoms with E-state index in [1.807, 2.05) is 17.0 Å². The summed E-state index contributed by atoms with van der Waals surface area (Å²) in [5.41, 5.74) is 1.26. The van der Waals surface area contributed by atoms with E-state index in [0.717, 1.165) is 31.9 Å². The van der Waals surface area contributed by atoms with Gasteiger partial charge in [0, 0.05) is 18.0 Å². The van der Waals surface area contributed by atoms with Gasteiger partial charge in [0.25, 0.3) is 0 Å². The summed E-state index contributed by atoms with van der Waals surface area (Å²) >= 11 is 0. The molecule has 1 heterocycles. The van der Waals surface area contributed by atoms with Crippen molar-refractivity contribution in [3.63, 3.8) is 0 Å². The van der Waals surface area contributed by atoms with Crippen LogP contribution in [0.25, 0.3) is 0 Å². The van der Waals surface area contributed by atoms with Crippen molar-refractivity contribution < 1.29 is 24.3 Å². The molecule has 0 aliphatic carbocycles. The van der Waals surface area contributed by atoms with Gasteiger partial charge in [0.1, 0.15) is 11.8 Å². The third-order valence-corrected chi connectivity index (χ3v) is 4.76. The Morgan fingerprint density at radius 2 is 1.83 bits per heavy atom. The summed E-state index contributed by atoms with van der Waals surface area (Å²) in [5, 5.41) is 10.4. The van der Waals surface area contributed by atoms with E-state index in [4.69, 9.17) is 4.74 Å². The molecule has 0 radical (unpaired) electrons. The number of benzene rings is 1. The number of aliphatic carboxylic acids is 1. The van der Waals surface area contributed by atoms with Crippen LogP contribution in [0.2, 0.25) is 0 Å². The van der Waals surface area contributed by atoms with Gasteiger partial charge in [0.2, 0.25) is 5.91 Å². The Bertz CT molecular complexity index is 551. The van der Waals surface area contributed by atoms with Gasteiger partial charge in [0.15, 0.2) is 0 Å². The fraction of sp³-hybridized carbons (Fsp3) is 0.556. The summed E-state index contributed by atoms with van der Waals surface area (Å²) in [6.45, 7) is 5.45. The lowest BCUT2D eigenvalue weighted by Gasteiger charge is -2.35. The number of quaternary nitrogens is 1. The minimum absolute atomic E-state index is 0.0485. The van der Waals surface area contributed by atoms with E-state index in [-0.39, 0.29) is 18.7 Å². The highest BCUT2D eigenvalue weighted by Crippen LogP contribution is 2.15. The van der Waals surface area contributed by atoms with Gasteiger partial charge in [-0.15, -0.1) is 0 Å². The van der Waals surface area contributed by atoms with Crippen LogP contribution in [0, 0.1) is 0 Å². The van der Waals surface area contributed by atoms with Crippen molar-refractivity contribution in [1.82, 2.24) is 4.90 Å². The molecule has 1 atom stereocenters. The molecule has 1 aliphatic heterocycles. The van der Waals surface area contributed by atoms with Crippen molar-refractivity contribution in [2.75, 3.05) is 33.3 Å². The molecule has 0 bridgehead atoms. The average Bonchev–Trinajstić information content (AvgIpc) is 2.61.